The highest BCUT2D eigenvalue weighted by Crippen LogP contribution is 2.30. The SMILES string of the molecule is COc1ccc(CCN(C)c2cc(Oc3ccc(F)cc3Cl)ncn2)cc1OC. The number of ether oxygens (including phenoxy) is 3. The lowest BCUT2D eigenvalue weighted by Crippen LogP contribution is -2.21. The van der Waals surface area contributed by atoms with E-state index >= 15 is 0 Å². The van der Waals surface area contributed by atoms with Gasteiger partial charge in [0.15, 0.2) is 11.5 Å². The molecule has 0 saturated heterocycles. The Balaban J connectivity index is 1.67. The molecule has 0 fully saturated rings. The van der Waals surface area contributed by atoms with E-state index in [0.717, 1.165) is 12.0 Å². The van der Waals surface area contributed by atoms with Crippen molar-refractivity contribution in [2.24, 2.45) is 0 Å². The second kappa shape index (κ2) is 9.43. The Bertz CT molecular complexity index is 987. The lowest BCUT2D eigenvalue weighted by molar-refractivity contribution is 0.354. The molecule has 1 heterocycles. The molecule has 3 rings (SSSR count). The fraction of sp³-hybridized carbons (Fsp3) is 0.238. The van der Waals surface area contributed by atoms with Crippen LogP contribution < -0.4 is 19.1 Å². The van der Waals surface area contributed by atoms with E-state index in [0.29, 0.717) is 35.5 Å². The van der Waals surface area contributed by atoms with Gasteiger partial charge in [-0.05, 0) is 42.3 Å². The smallest absolute Gasteiger partial charge is 0.224 e. The minimum Gasteiger partial charge on any atom is -0.493 e. The number of nitrogens with zero attached hydrogens (tertiary/aromatic N) is 3. The number of aromatic nitrogens is 2. The minimum atomic E-state index is -0.430. The number of hydrogen-bond donors (Lipinski definition) is 0. The van der Waals surface area contributed by atoms with Gasteiger partial charge in [0.2, 0.25) is 5.88 Å². The molecule has 0 unspecified atom stereocenters. The molecule has 0 aliphatic carbocycles. The number of hydrogen-bond acceptors (Lipinski definition) is 6. The van der Waals surface area contributed by atoms with Crippen LogP contribution in [0.25, 0.3) is 0 Å². The second-order valence-electron chi connectivity index (χ2n) is 6.25. The van der Waals surface area contributed by atoms with Gasteiger partial charge in [0.05, 0.1) is 19.2 Å². The van der Waals surface area contributed by atoms with E-state index in [1.165, 1.54) is 24.5 Å². The third-order valence-electron chi connectivity index (χ3n) is 4.31. The Morgan fingerprint density at radius 1 is 0.966 bits per heavy atom. The number of benzene rings is 2. The van der Waals surface area contributed by atoms with Crippen LogP contribution in [0.2, 0.25) is 5.02 Å². The van der Waals surface area contributed by atoms with Gasteiger partial charge in [0.1, 0.15) is 23.7 Å². The summed E-state index contributed by atoms with van der Waals surface area (Å²) >= 11 is 6.01. The molecule has 0 bridgehead atoms. The Morgan fingerprint density at radius 3 is 2.45 bits per heavy atom. The minimum absolute atomic E-state index is 0.173. The van der Waals surface area contributed by atoms with Crippen molar-refractivity contribution in [1.29, 1.82) is 0 Å². The Labute approximate surface area is 173 Å². The van der Waals surface area contributed by atoms with Crippen LogP contribution >= 0.6 is 11.6 Å². The van der Waals surface area contributed by atoms with Crippen molar-refractivity contribution >= 4 is 17.4 Å². The molecule has 0 radical (unpaired) electrons. The molecular weight excluding hydrogens is 397 g/mol. The summed E-state index contributed by atoms with van der Waals surface area (Å²) in [6, 6.07) is 11.5. The lowest BCUT2D eigenvalue weighted by Gasteiger charge is -2.19. The molecule has 0 spiro atoms. The van der Waals surface area contributed by atoms with Crippen LogP contribution in [-0.4, -0.2) is 37.8 Å². The van der Waals surface area contributed by atoms with E-state index in [2.05, 4.69) is 9.97 Å². The van der Waals surface area contributed by atoms with Crippen molar-refractivity contribution in [1.82, 2.24) is 9.97 Å². The molecule has 8 heteroatoms. The molecular formula is C21H21ClFN3O3. The fourth-order valence-corrected chi connectivity index (χ4v) is 2.92. The number of halogens is 2. The highest BCUT2D eigenvalue weighted by atomic mass is 35.5. The predicted octanol–water partition coefficient (Wildman–Crippen LogP) is 4.76. The summed E-state index contributed by atoms with van der Waals surface area (Å²) in [4.78, 5) is 10.4. The van der Waals surface area contributed by atoms with Crippen LogP contribution in [-0.2, 0) is 6.42 Å². The van der Waals surface area contributed by atoms with Gasteiger partial charge in [-0.15, -0.1) is 0 Å². The van der Waals surface area contributed by atoms with Gasteiger partial charge in [0, 0.05) is 19.7 Å². The monoisotopic (exact) mass is 417 g/mol. The third-order valence-corrected chi connectivity index (χ3v) is 4.61. The Hall–Kier alpha value is -3.06. The van der Waals surface area contributed by atoms with E-state index in [-0.39, 0.29) is 5.02 Å². The van der Waals surface area contributed by atoms with Crippen LogP contribution in [0, 0.1) is 5.82 Å². The average Bonchev–Trinajstić information content (AvgIpc) is 2.74. The van der Waals surface area contributed by atoms with Crippen LogP contribution in [0.1, 0.15) is 5.56 Å². The maximum absolute atomic E-state index is 13.2. The van der Waals surface area contributed by atoms with Crippen molar-refractivity contribution in [3.8, 4) is 23.1 Å². The van der Waals surface area contributed by atoms with E-state index < -0.39 is 5.82 Å². The summed E-state index contributed by atoms with van der Waals surface area (Å²) in [7, 11) is 5.15. The largest absolute Gasteiger partial charge is 0.493 e. The van der Waals surface area contributed by atoms with Gasteiger partial charge in [-0.25, -0.2) is 14.4 Å². The van der Waals surface area contributed by atoms with E-state index in [9.17, 15) is 4.39 Å². The quantitative estimate of drug-likeness (QED) is 0.526. The zero-order valence-corrected chi connectivity index (χ0v) is 17.1. The van der Waals surface area contributed by atoms with Gasteiger partial charge in [-0.2, -0.15) is 0 Å². The standard InChI is InChI=1S/C21H21ClFN3O3/c1-26(9-8-14-4-6-18(27-2)19(10-14)28-3)20-12-21(25-13-24-20)29-17-7-5-15(23)11-16(17)22/h4-7,10-13H,8-9H2,1-3H3. The average molecular weight is 418 g/mol. The van der Waals surface area contributed by atoms with Crippen molar-refractivity contribution in [2.45, 2.75) is 6.42 Å². The first-order valence-corrected chi connectivity index (χ1v) is 9.25. The molecule has 0 N–H and O–H groups in total. The number of likely N-dealkylation sites (N-methyl/N-ethyl adjacent to an activating group) is 1. The van der Waals surface area contributed by atoms with Crippen LogP contribution in [0.3, 0.4) is 0 Å². The third kappa shape index (κ3) is 5.26. The van der Waals surface area contributed by atoms with Crippen molar-refractivity contribution < 1.29 is 18.6 Å². The summed E-state index contributed by atoms with van der Waals surface area (Å²) in [5, 5.41) is 0.173. The topological polar surface area (TPSA) is 56.7 Å². The normalized spacial score (nSPS) is 10.5. The maximum Gasteiger partial charge on any atom is 0.224 e. The fourth-order valence-electron chi connectivity index (χ4n) is 2.71. The van der Waals surface area contributed by atoms with Gasteiger partial charge < -0.3 is 19.1 Å². The molecule has 0 saturated carbocycles. The maximum atomic E-state index is 13.2. The van der Waals surface area contributed by atoms with Gasteiger partial charge in [-0.1, -0.05) is 17.7 Å². The molecule has 1 aromatic heterocycles. The first-order valence-electron chi connectivity index (χ1n) is 8.87. The molecule has 152 valence electrons. The number of anilines is 1. The number of rotatable bonds is 8. The molecule has 29 heavy (non-hydrogen) atoms. The molecule has 0 atom stereocenters. The van der Waals surface area contributed by atoms with Crippen molar-refractivity contribution in [2.75, 3.05) is 32.7 Å². The van der Waals surface area contributed by atoms with E-state index in [1.807, 2.05) is 30.1 Å². The molecule has 0 amide bonds. The van der Waals surface area contributed by atoms with Crippen molar-refractivity contribution in [3.05, 3.63) is 65.2 Å². The predicted molar refractivity (Wildman–Crippen MR) is 110 cm³/mol. The van der Waals surface area contributed by atoms with E-state index in [1.54, 1.807) is 20.3 Å². The molecule has 0 aliphatic rings. The summed E-state index contributed by atoms with van der Waals surface area (Å²) in [5.74, 6) is 2.30. The van der Waals surface area contributed by atoms with Crippen LogP contribution in [0.5, 0.6) is 23.1 Å². The zero-order chi connectivity index (χ0) is 20.8. The Morgan fingerprint density at radius 2 is 1.72 bits per heavy atom. The highest BCUT2D eigenvalue weighted by Gasteiger charge is 2.10. The lowest BCUT2D eigenvalue weighted by atomic mass is 10.1. The zero-order valence-electron chi connectivity index (χ0n) is 16.4. The molecule has 2 aromatic carbocycles. The summed E-state index contributed by atoms with van der Waals surface area (Å²) in [6.45, 7) is 0.712. The van der Waals surface area contributed by atoms with Crippen molar-refractivity contribution in [3.63, 3.8) is 0 Å². The first kappa shape index (κ1) is 20.7. The van der Waals surface area contributed by atoms with E-state index in [4.69, 9.17) is 25.8 Å². The van der Waals surface area contributed by atoms with Gasteiger partial charge in [0.25, 0.3) is 0 Å². The summed E-state index contributed by atoms with van der Waals surface area (Å²) < 4.78 is 29.5. The van der Waals surface area contributed by atoms with Gasteiger partial charge in [-0.3, -0.25) is 0 Å². The van der Waals surface area contributed by atoms with Crippen LogP contribution in [0.4, 0.5) is 10.2 Å². The summed E-state index contributed by atoms with van der Waals surface area (Å²) in [6.07, 6.45) is 2.19. The highest BCUT2D eigenvalue weighted by molar-refractivity contribution is 6.32. The molecule has 6 nitrogen and oxygen atoms in total. The molecule has 3 aromatic rings. The first-order chi connectivity index (χ1) is 14.0. The summed E-state index contributed by atoms with van der Waals surface area (Å²) in [5.41, 5.74) is 1.11. The van der Waals surface area contributed by atoms with Gasteiger partial charge >= 0.3 is 0 Å². The number of methoxy groups -OCH3 is 2. The molecule has 0 aliphatic heterocycles. The Kier molecular flexibility index (Phi) is 6.72. The van der Waals surface area contributed by atoms with Crippen LogP contribution in [0.15, 0.2) is 48.8 Å². The second-order valence-corrected chi connectivity index (χ2v) is 6.66.